The summed E-state index contributed by atoms with van der Waals surface area (Å²) in [7, 11) is 0. The van der Waals surface area contributed by atoms with Crippen LogP contribution in [0.15, 0.2) is 6.20 Å². The van der Waals surface area contributed by atoms with Crippen LogP contribution in [0.4, 0.5) is 0 Å². The summed E-state index contributed by atoms with van der Waals surface area (Å²) in [4.78, 5) is 0. The molecule has 78 valence electrons. The lowest BCUT2D eigenvalue weighted by atomic mass is 9.99. The van der Waals surface area contributed by atoms with Gasteiger partial charge in [0.25, 0.3) is 0 Å². The smallest absolute Gasteiger partial charge is 0.0522 e. The van der Waals surface area contributed by atoms with E-state index in [0.29, 0.717) is 6.04 Å². The molecule has 0 aromatic carbocycles. The number of rotatable bonds is 3. The molecule has 1 unspecified atom stereocenters. The standard InChI is InChI=1S/C11H19N3/c1-2-9-8-13-14-11(9)7-10-5-3-4-6-12-10/h8,10,12H,2-7H2,1H3,(H,13,14). The number of piperidine rings is 1. The van der Waals surface area contributed by atoms with Gasteiger partial charge in [-0.05, 0) is 31.4 Å². The van der Waals surface area contributed by atoms with E-state index >= 15 is 0 Å². The van der Waals surface area contributed by atoms with Crippen molar-refractivity contribution in [1.82, 2.24) is 15.5 Å². The highest BCUT2D eigenvalue weighted by molar-refractivity contribution is 5.17. The molecule has 2 rings (SSSR count). The van der Waals surface area contributed by atoms with Crippen LogP contribution in [-0.2, 0) is 12.8 Å². The lowest BCUT2D eigenvalue weighted by Gasteiger charge is -2.23. The molecule has 0 saturated carbocycles. The fourth-order valence-corrected chi connectivity index (χ4v) is 2.16. The van der Waals surface area contributed by atoms with E-state index in [1.54, 1.807) is 0 Å². The van der Waals surface area contributed by atoms with Crippen LogP contribution in [0.5, 0.6) is 0 Å². The van der Waals surface area contributed by atoms with E-state index in [0.717, 1.165) is 12.8 Å². The minimum absolute atomic E-state index is 0.662. The van der Waals surface area contributed by atoms with Gasteiger partial charge in [-0.15, -0.1) is 0 Å². The number of hydrogen-bond donors (Lipinski definition) is 2. The number of H-pyrrole nitrogens is 1. The first-order valence-electron chi connectivity index (χ1n) is 5.64. The third kappa shape index (κ3) is 2.15. The van der Waals surface area contributed by atoms with E-state index in [1.807, 2.05) is 6.20 Å². The Kier molecular flexibility index (Phi) is 3.19. The van der Waals surface area contributed by atoms with Crippen LogP contribution >= 0.6 is 0 Å². The molecule has 0 radical (unpaired) electrons. The molecule has 1 aliphatic rings. The molecule has 1 aromatic rings. The fourth-order valence-electron chi connectivity index (χ4n) is 2.16. The van der Waals surface area contributed by atoms with E-state index in [4.69, 9.17) is 0 Å². The van der Waals surface area contributed by atoms with Gasteiger partial charge >= 0.3 is 0 Å². The minimum atomic E-state index is 0.662. The Morgan fingerprint density at radius 1 is 1.50 bits per heavy atom. The molecular weight excluding hydrogens is 174 g/mol. The normalized spacial score (nSPS) is 22.5. The fraction of sp³-hybridized carbons (Fsp3) is 0.727. The largest absolute Gasteiger partial charge is 0.314 e. The molecule has 0 aliphatic carbocycles. The summed E-state index contributed by atoms with van der Waals surface area (Å²) in [5, 5.41) is 10.8. The van der Waals surface area contributed by atoms with Gasteiger partial charge in [0, 0.05) is 18.2 Å². The Bertz CT molecular complexity index is 274. The zero-order valence-electron chi connectivity index (χ0n) is 8.84. The summed E-state index contributed by atoms with van der Waals surface area (Å²) >= 11 is 0. The van der Waals surface area contributed by atoms with Crippen molar-refractivity contribution < 1.29 is 0 Å². The maximum absolute atomic E-state index is 4.11. The van der Waals surface area contributed by atoms with Gasteiger partial charge in [-0.3, -0.25) is 5.10 Å². The van der Waals surface area contributed by atoms with Gasteiger partial charge in [-0.25, -0.2) is 0 Å². The van der Waals surface area contributed by atoms with Gasteiger partial charge in [0.2, 0.25) is 0 Å². The maximum Gasteiger partial charge on any atom is 0.0522 e. The van der Waals surface area contributed by atoms with E-state index in [-0.39, 0.29) is 0 Å². The number of nitrogens with zero attached hydrogens (tertiary/aromatic N) is 1. The third-order valence-corrected chi connectivity index (χ3v) is 3.05. The first-order chi connectivity index (χ1) is 6.90. The van der Waals surface area contributed by atoms with Crippen LogP contribution in [0.25, 0.3) is 0 Å². The Morgan fingerprint density at radius 3 is 3.14 bits per heavy atom. The zero-order chi connectivity index (χ0) is 9.80. The number of nitrogens with one attached hydrogen (secondary N) is 2. The quantitative estimate of drug-likeness (QED) is 0.766. The Balaban J connectivity index is 1.95. The average molecular weight is 193 g/mol. The number of aryl methyl sites for hydroxylation is 1. The topological polar surface area (TPSA) is 40.7 Å². The number of hydrogen-bond acceptors (Lipinski definition) is 2. The van der Waals surface area contributed by atoms with Crippen molar-refractivity contribution in [3.63, 3.8) is 0 Å². The van der Waals surface area contributed by atoms with Gasteiger partial charge in [-0.1, -0.05) is 13.3 Å². The summed E-state index contributed by atoms with van der Waals surface area (Å²) in [5.41, 5.74) is 2.70. The van der Waals surface area contributed by atoms with Crippen molar-refractivity contribution in [3.05, 3.63) is 17.5 Å². The third-order valence-electron chi connectivity index (χ3n) is 3.05. The summed E-state index contributed by atoms with van der Waals surface area (Å²) in [6.07, 6.45) is 8.16. The molecular formula is C11H19N3. The van der Waals surface area contributed by atoms with Crippen LogP contribution in [0.2, 0.25) is 0 Å². The molecule has 0 spiro atoms. The van der Waals surface area contributed by atoms with E-state index in [9.17, 15) is 0 Å². The Labute approximate surface area is 85.3 Å². The predicted octanol–water partition coefficient (Wildman–Crippen LogP) is 1.66. The van der Waals surface area contributed by atoms with Gasteiger partial charge in [-0.2, -0.15) is 5.10 Å². The van der Waals surface area contributed by atoms with Crippen molar-refractivity contribution in [3.8, 4) is 0 Å². The first kappa shape index (κ1) is 9.71. The van der Waals surface area contributed by atoms with E-state index in [2.05, 4.69) is 22.4 Å². The van der Waals surface area contributed by atoms with Crippen LogP contribution in [0, 0.1) is 0 Å². The second kappa shape index (κ2) is 4.60. The maximum atomic E-state index is 4.11. The molecule has 3 heteroatoms. The second-order valence-corrected chi connectivity index (χ2v) is 4.08. The lowest BCUT2D eigenvalue weighted by molar-refractivity contribution is 0.396. The minimum Gasteiger partial charge on any atom is -0.314 e. The highest BCUT2D eigenvalue weighted by atomic mass is 15.1. The monoisotopic (exact) mass is 193 g/mol. The van der Waals surface area contributed by atoms with Crippen LogP contribution in [0.3, 0.4) is 0 Å². The zero-order valence-corrected chi connectivity index (χ0v) is 8.84. The molecule has 3 nitrogen and oxygen atoms in total. The Morgan fingerprint density at radius 2 is 2.43 bits per heavy atom. The van der Waals surface area contributed by atoms with Gasteiger partial charge in [0.05, 0.1) is 6.20 Å². The van der Waals surface area contributed by atoms with Crippen LogP contribution < -0.4 is 5.32 Å². The molecule has 1 fully saturated rings. The SMILES string of the molecule is CCc1cn[nH]c1CC1CCCCN1. The van der Waals surface area contributed by atoms with Crippen LogP contribution in [0.1, 0.15) is 37.4 Å². The van der Waals surface area contributed by atoms with Gasteiger partial charge in [0.1, 0.15) is 0 Å². The molecule has 0 bridgehead atoms. The van der Waals surface area contributed by atoms with Crippen molar-refractivity contribution in [2.45, 2.75) is 45.1 Å². The Hall–Kier alpha value is -0.830. The molecule has 2 heterocycles. The first-order valence-corrected chi connectivity index (χ1v) is 5.64. The number of aromatic nitrogens is 2. The van der Waals surface area contributed by atoms with E-state index < -0.39 is 0 Å². The summed E-state index contributed by atoms with van der Waals surface area (Å²) in [6.45, 7) is 3.36. The van der Waals surface area contributed by atoms with Crippen molar-refractivity contribution in [2.75, 3.05) is 6.54 Å². The number of aromatic amines is 1. The predicted molar refractivity (Wildman–Crippen MR) is 57.3 cm³/mol. The highest BCUT2D eigenvalue weighted by Crippen LogP contribution is 2.14. The highest BCUT2D eigenvalue weighted by Gasteiger charge is 2.15. The summed E-state index contributed by atoms with van der Waals surface area (Å²) in [6, 6.07) is 0.662. The van der Waals surface area contributed by atoms with Gasteiger partial charge in [0.15, 0.2) is 0 Å². The molecule has 1 aromatic heterocycles. The molecule has 0 amide bonds. The van der Waals surface area contributed by atoms with Crippen molar-refractivity contribution in [2.24, 2.45) is 0 Å². The average Bonchev–Trinajstić information content (AvgIpc) is 2.67. The summed E-state index contributed by atoms with van der Waals surface area (Å²) < 4.78 is 0. The molecule has 1 saturated heterocycles. The van der Waals surface area contributed by atoms with Gasteiger partial charge < -0.3 is 5.32 Å². The molecule has 1 atom stereocenters. The second-order valence-electron chi connectivity index (χ2n) is 4.08. The van der Waals surface area contributed by atoms with Crippen molar-refractivity contribution in [1.29, 1.82) is 0 Å². The van der Waals surface area contributed by atoms with Crippen molar-refractivity contribution >= 4 is 0 Å². The molecule has 14 heavy (non-hydrogen) atoms. The lowest BCUT2D eigenvalue weighted by Crippen LogP contribution is -2.35. The van der Waals surface area contributed by atoms with E-state index in [1.165, 1.54) is 37.1 Å². The molecule has 1 aliphatic heterocycles. The molecule has 2 N–H and O–H groups in total. The van der Waals surface area contributed by atoms with Crippen LogP contribution in [-0.4, -0.2) is 22.8 Å². The summed E-state index contributed by atoms with van der Waals surface area (Å²) in [5.74, 6) is 0.